The molecule has 0 radical (unpaired) electrons. The Balaban J connectivity index is 2.05. The summed E-state index contributed by atoms with van der Waals surface area (Å²) in [5.74, 6) is 1.76. The number of fused-ring (bicyclic) bond motifs is 2. The van der Waals surface area contributed by atoms with Crippen molar-refractivity contribution < 1.29 is 0 Å². The number of hydrogen-bond acceptors (Lipinski definition) is 0. The Kier molecular flexibility index (Phi) is 1.74. The standard InChI is InChI=1S/C14H18/c1-9-3-11-7-13-5-10(2)6-14(13)8-12(11)4-9/h7-10H,3-6H2,1-2H3. The zero-order chi connectivity index (χ0) is 9.71. The first-order valence-electron chi connectivity index (χ1n) is 5.86. The van der Waals surface area contributed by atoms with E-state index in [0.717, 1.165) is 11.8 Å². The van der Waals surface area contributed by atoms with Crippen molar-refractivity contribution in [3.63, 3.8) is 0 Å². The molecule has 74 valence electrons. The van der Waals surface area contributed by atoms with E-state index in [1.165, 1.54) is 25.7 Å². The van der Waals surface area contributed by atoms with Crippen LogP contribution in [0, 0.1) is 11.8 Å². The molecule has 0 saturated heterocycles. The molecule has 0 aromatic heterocycles. The fraction of sp³-hybridized carbons (Fsp3) is 0.571. The SMILES string of the molecule is CC1Cc2cc3c(cc2C1)CC(C)C3. The van der Waals surface area contributed by atoms with Gasteiger partial charge in [0.15, 0.2) is 0 Å². The van der Waals surface area contributed by atoms with Gasteiger partial charge in [0.05, 0.1) is 0 Å². The summed E-state index contributed by atoms with van der Waals surface area (Å²) in [5.41, 5.74) is 6.58. The van der Waals surface area contributed by atoms with Gasteiger partial charge in [0, 0.05) is 0 Å². The first kappa shape index (κ1) is 8.52. The Morgan fingerprint density at radius 1 is 0.714 bits per heavy atom. The summed E-state index contributed by atoms with van der Waals surface area (Å²) in [6.45, 7) is 4.74. The van der Waals surface area contributed by atoms with E-state index >= 15 is 0 Å². The molecule has 1 aromatic carbocycles. The Morgan fingerprint density at radius 3 is 1.29 bits per heavy atom. The maximum atomic E-state index is 2.50. The lowest BCUT2D eigenvalue weighted by atomic mass is 10.0. The Bertz CT molecular complexity index is 308. The number of benzene rings is 1. The van der Waals surface area contributed by atoms with Crippen LogP contribution in [0.2, 0.25) is 0 Å². The van der Waals surface area contributed by atoms with E-state index in [1.807, 2.05) is 0 Å². The maximum Gasteiger partial charge on any atom is -0.0247 e. The van der Waals surface area contributed by atoms with Crippen LogP contribution >= 0.6 is 0 Å². The van der Waals surface area contributed by atoms with Crippen LogP contribution in [0.3, 0.4) is 0 Å². The van der Waals surface area contributed by atoms with Gasteiger partial charge in [0.25, 0.3) is 0 Å². The van der Waals surface area contributed by atoms with Crippen molar-refractivity contribution in [3.05, 3.63) is 34.4 Å². The second-order valence-corrected chi connectivity index (χ2v) is 5.42. The normalized spacial score (nSPS) is 21.3. The van der Waals surface area contributed by atoms with Gasteiger partial charge in [-0.25, -0.2) is 0 Å². The summed E-state index contributed by atoms with van der Waals surface area (Å²) in [5, 5.41) is 0. The highest BCUT2D eigenvalue weighted by molar-refractivity contribution is 5.43. The molecule has 0 saturated carbocycles. The second kappa shape index (κ2) is 2.85. The third kappa shape index (κ3) is 1.20. The van der Waals surface area contributed by atoms with Gasteiger partial charge in [-0.2, -0.15) is 0 Å². The monoisotopic (exact) mass is 186 g/mol. The molecule has 3 rings (SSSR count). The predicted octanol–water partition coefficient (Wildman–Crippen LogP) is 3.16. The van der Waals surface area contributed by atoms with Crippen LogP contribution in [0.1, 0.15) is 36.1 Å². The van der Waals surface area contributed by atoms with Crippen molar-refractivity contribution in [2.45, 2.75) is 39.5 Å². The third-order valence-electron chi connectivity index (χ3n) is 3.80. The van der Waals surface area contributed by atoms with Crippen molar-refractivity contribution in [2.75, 3.05) is 0 Å². The van der Waals surface area contributed by atoms with E-state index in [-0.39, 0.29) is 0 Å². The molecule has 0 aliphatic heterocycles. The summed E-state index contributed by atoms with van der Waals surface area (Å²) in [7, 11) is 0. The van der Waals surface area contributed by atoms with Gasteiger partial charge in [-0.05, 0) is 59.8 Å². The van der Waals surface area contributed by atoms with Gasteiger partial charge >= 0.3 is 0 Å². The molecule has 0 unspecified atom stereocenters. The van der Waals surface area contributed by atoms with Crippen LogP contribution in [-0.4, -0.2) is 0 Å². The molecule has 0 fully saturated rings. The molecular formula is C14H18. The van der Waals surface area contributed by atoms with Crippen molar-refractivity contribution in [1.82, 2.24) is 0 Å². The molecule has 14 heavy (non-hydrogen) atoms. The molecule has 0 bridgehead atoms. The Labute approximate surface area is 86.3 Å². The molecule has 0 N–H and O–H groups in total. The van der Waals surface area contributed by atoms with E-state index in [4.69, 9.17) is 0 Å². The van der Waals surface area contributed by atoms with Gasteiger partial charge in [-0.15, -0.1) is 0 Å². The van der Waals surface area contributed by atoms with Crippen LogP contribution in [0.4, 0.5) is 0 Å². The first-order chi connectivity index (χ1) is 6.72. The highest BCUT2D eigenvalue weighted by Crippen LogP contribution is 2.34. The fourth-order valence-electron chi connectivity index (χ4n) is 3.20. The van der Waals surface area contributed by atoms with Gasteiger partial charge in [0.2, 0.25) is 0 Å². The van der Waals surface area contributed by atoms with Crippen molar-refractivity contribution in [1.29, 1.82) is 0 Å². The predicted molar refractivity (Wildman–Crippen MR) is 59.6 cm³/mol. The largest absolute Gasteiger partial charge is 0.0619 e. The minimum atomic E-state index is 0.880. The molecule has 0 atom stereocenters. The lowest BCUT2D eigenvalue weighted by Gasteiger charge is -2.03. The van der Waals surface area contributed by atoms with Gasteiger partial charge < -0.3 is 0 Å². The minimum absolute atomic E-state index is 0.880. The van der Waals surface area contributed by atoms with Crippen molar-refractivity contribution in [2.24, 2.45) is 11.8 Å². The minimum Gasteiger partial charge on any atom is -0.0619 e. The Morgan fingerprint density at radius 2 is 1.00 bits per heavy atom. The smallest absolute Gasteiger partial charge is 0.0247 e. The fourth-order valence-corrected chi connectivity index (χ4v) is 3.20. The summed E-state index contributed by atoms with van der Waals surface area (Å²) < 4.78 is 0. The van der Waals surface area contributed by atoms with Crippen LogP contribution in [-0.2, 0) is 25.7 Å². The van der Waals surface area contributed by atoms with Crippen LogP contribution in [0.25, 0.3) is 0 Å². The van der Waals surface area contributed by atoms with Crippen molar-refractivity contribution in [3.8, 4) is 0 Å². The highest BCUT2D eigenvalue weighted by atomic mass is 14.3. The lowest BCUT2D eigenvalue weighted by Crippen LogP contribution is -1.91. The number of rotatable bonds is 0. The highest BCUT2D eigenvalue weighted by Gasteiger charge is 2.23. The lowest BCUT2D eigenvalue weighted by molar-refractivity contribution is 0.620. The first-order valence-corrected chi connectivity index (χ1v) is 5.86. The van der Waals surface area contributed by atoms with E-state index < -0.39 is 0 Å². The summed E-state index contributed by atoms with van der Waals surface area (Å²) in [4.78, 5) is 0. The average molecular weight is 186 g/mol. The van der Waals surface area contributed by atoms with Crippen LogP contribution < -0.4 is 0 Å². The number of hydrogen-bond donors (Lipinski definition) is 0. The third-order valence-corrected chi connectivity index (χ3v) is 3.80. The average Bonchev–Trinajstić information content (AvgIpc) is 2.59. The summed E-state index contributed by atoms with van der Waals surface area (Å²) in [6, 6.07) is 5.00. The molecule has 2 aliphatic carbocycles. The molecule has 0 heteroatoms. The maximum absolute atomic E-state index is 2.50. The zero-order valence-corrected chi connectivity index (χ0v) is 9.14. The molecule has 0 nitrogen and oxygen atoms in total. The van der Waals surface area contributed by atoms with E-state index in [1.54, 1.807) is 22.3 Å². The van der Waals surface area contributed by atoms with Crippen molar-refractivity contribution >= 4 is 0 Å². The van der Waals surface area contributed by atoms with Crippen LogP contribution in [0.5, 0.6) is 0 Å². The molecule has 0 amide bonds. The molecular weight excluding hydrogens is 168 g/mol. The van der Waals surface area contributed by atoms with Gasteiger partial charge in [0.1, 0.15) is 0 Å². The summed E-state index contributed by atoms with van der Waals surface area (Å²) in [6.07, 6.45) is 5.27. The zero-order valence-electron chi connectivity index (χ0n) is 9.14. The molecule has 0 heterocycles. The van der Waals surface area contributed by atoms with Gasteiger partial charge in [-0.1, -0.05) is 26.0 Å². The van der Waals surface area contributed by atoms with E-state index in [0.29, 0.717) is 0 Å². The molecule has 2 aliphatic rings. The Hall–Kier alpha value is -0.780. The van der Waals surface area contributed by atoms with Gasteiger partial charge in [-0.3, -0.25) is 0 Å². The summed E-state index contributed by atoms with van der Waals surface area (Å²) >= 11 is 0. The second-order valence-electron chi connectivity index (χ2n) is 5.42. The van der Waals surface area contributed by atoms with Crippen LogP contribution in [0.15, 0.2) is 12.1 Å². The topological polar surface area (TPSA) is 0 Å². The van der Waals surface area contributed by atoms with E-state index in [9.17, 15) is 0 Å². The quantitative estimate of drug-likeness (QED) is 0.584. The molecule has 1 aromatic rings. The van der Waals surface area contributed by atoms with E-state index in [2.05, 4.69) is 26.0 Å². The molecule has 0 spiro atoms.